The van der Waals surface area contributed by atoms with E-state index in [9.17, 15) is 4.79 Å². The lowest BCUT2D eigenvalue weighted by atomic mass is 10.1. The van der Waals surface area contributed by atoms with Crippen molar-refractivity contribution in [2.24, 2.45) is 0 Å². The molecular weight excluding hydrogens is 372 g/mol. The smallest absolute Gasteiger partial charge is 0.189 e. The number of methoxy groups -OCH3 is 2. The van der Waals surface area contributed by atoms with Gasteiger partial charge in [-0.2, -0.15) is 0 Å². The first kappa shape index (κ1) is 18.1. The fourth-order valence-electron chi connectivity index (χ4n) is 2.27. The van der Waals surface area contributed by atoms with Crippen molar-refractivity contribution in [2.45, 2.75) is 0 Å². The molecule has 0 bridgehead atoms. The van der Waals surface area contributed by atoms with Gasteiger partial charge in [0.25, 0.3) is 0 Å². The van der Waals surface area contributed by atoms with Gasteiger partial charge in [0.15, 0.2) is 5.78 Å². The van der Waals surface area contributed by atoms with Crippen LogP contribution in [0.3, 0.4) is 0 Å². The molecule has 2 aromatic heterocycles. The Morgan fingerprint density at radius 2 is 2.00 bits per heavy atom. The van der Waals surface area contributed by atoms with Crippen LogP contribution in [0.5, 0.6) is 11.5 Å². The van der Waals surface area contributed by atoms with Crippen molar-refractivity contribution >= 4 is 34.8 Å². The summed E-state index contributed by atoms with van der Waals surface area (Å²) in [6, 6.07) is 8.77. The van der Waals surface area contributed by atoms with Crippen molar-refractivity contribution in [3.8, 4) is 22.2 Å². The monoisotopic (exact) mass is 386 g/mol. The predicted octanol–water partition coefficient (Wildman–Crippen LogP) is 4.77. The number of aromatic nitrogens is 2. The number of nitrogens with zero attached hydrogens (tertiary/aromatic N) is 2. The van der Waals surface area contributed by atoms with E-state index in [0.29, 0.717) is 27.8 Å². The van der Waals surface area contributed by atoms with Gasteiger partial charge in [-0.25, -0.2) is 4.98 Å². The summed E-state index contributed by atoms with van der Waals surface area (Å²) >= 11 is 7.58. The van der Waals surface area contributed by atoms with Gasteiger partial charge in [-0.3, -0.25) is 9.78 Å². The van der Waals surface area contributed by atoms with Crippen LogP contribution in [0.1, 0.15) is 16.1 Å². The molecule has 1 aromatic carbocycles. The molecule has 0 aliphatic carbocycles. The quantitative estimate of drug-likeness (QED) is 0.451. The van der Waals surface area contributed by atoms with E-state index in [0.717, 1.165) is 10.7 Å². The number of benzene rings is 1. The topological polar surface area (TPSA) is 61.3 Å². The second-order valence-electron chi connectivity index (χ2n) is 5.18. The zero-order valence-corrected chi connectivity index (χ0v) is 15.7. The molecule has 26 heavy (non-hydrogen) atoms. The normalized spacial score (nSPS) is 10.9. The van der Waals surface area contributed by atoms with Gasteiger partial charge in [0.05, 0.1) is 36.2 Å². The summed E-state index contributed by atoms with van der Waals surface area (Å²) in [5, 5.41) is 3.00. The Labute approximate surface area is 159 Å². The van der Waals surface area contributed by atoms with Crippen molar-refractivity contribution < 1.29 is 14.3 Å². The molecule has 3 aromatic rings. The molecule has 0 unspecified atom stereocenters. The Hall–Kier alpha value is -2.70. The Morgan fingerprint density at radius 1 is 1.19 bits per heavy atom. The van der Waals surface area contributed by atoms with E-state index in [4.69, 9.17) is 21.1 Å². The average Bonchev–Trinajstić information content (AvgIpc) is 3.15. The van der Waals surface area contributed by atoms with Crippen molar-refractivity contribution in [3.63, 3.8) is 0 Å². The van der Waals surface area contributed by atoms with Gasteiger partial charge in [-0.15, -0.1) is 11.3 Å². The predicted molar refractivity (Wildman–Crippen MR) is 103 cm³/mol. The van der Waals surface area contributed by atoms with Crippen LogP contribution in [0, 0.1) is 0 Å². The summed E-state index contributed by atoms with van der Waals surface area (Å²) in [6.45, 7) is 0. The summed E-state index contributed by atoms with van der Waals surface area (Å²) < 4.78 is 10.4. The summed E-state index contributed by atoms with van der Waals surface area (Å²) in [5.74, 6) is 0.607. The number of hydrogen-bond acceptors (Lipinski definition) is 6. The lowest BCUT2D eigenvalue weighted by Gasteiger charge is -2.09. The highest BCUT2D eigenvalue weighted by Crippen LogP contribution is 2.33. The number of allylic oxidation sites excluding steroid dienone is 1. The molecule has 0 spiro atoms. The Morgan fingerprint density at radius 3 is 2.69 bits per heavy atom. The first-order chi connectivity index (χ1) is 12.6. The van der Waals surface area contributed by atoms with E-state index in [1.807, 2.05) is 23.6 Å². The molecule has 5 nitrogen and oxygen atoms in total. The lowest BCUT2D eigenvalue weighted by Crippen LogP contribution is -2.00. The minimum atomic E-state index is -0.237. The van der Waals surface area contributed by atoms with E-state index in [-0.39, 0.29) is 5.78 Å². The van der Waals surface area contributed by atoms with Crippen molar-refractivity contribution in [2.75, 3.05) is 14.2 Å². The number of hydrogen-bond donors (Lipinski definition) is 0. The molecule has 0 N–H and O–H groups in total. The third-order valence-electron chi connectivity index (χ3n) is 3.55. The number of ether oxygens (including phenoxy) is 2. The van der Waals surface area contributed by atoms with Gasteiger partial charge in [-0.1, -0.05) is 17.7 Å². The molecule has 0 fully saturated rings. The third kappa shape index (κ3) is 3.92. The maximum atomic E-state index is 12.5. The van der Waals surface area contributed by atoms with Gasteiger partial charge >= 0.3 is 0 Å². The Bertz CT molecular complexity index is 955. The summed E-state index contributed by atoms with van der Waals surface area (Å²) in [6.07, 6.45) is 4.82. The number of thiazole rings is 1. The highest BCUT2D eigenvalue weighted by atomic mass is 35.5. The van der Waals surface area contributed by atoms with Crippen LogP contribution in [0.15, 0.2) is 48.0 Å². The highest BCUT2D eigenvalue weighted by Gasteiger charge is 2.14. The Balaban J connectivity index is 1.82. The molecule has 3 rings (SSSR count). The number of rotatable bonds is 6. The second kappa shape index (κ2) is 8.12. The number of carbonyl (C=O) groups excluding carboxylic acids is 1. The van der Waals surface area contributed by atoms with E-state index < -0.39 is 0 Å². The summed E-state index contributed by atoms with van der Waals surface area (Å²) in [7, 11) is 2.99. The fourth-order valence-corrected chi connectivity index (χ4v) is 3.28. The zero-order chi connectivity index (χ0) is 18.5. The van der Waals surface area contributed by atoms with E-state index in [1.54, 1.807) is 18.3 Å². The first-order valence-corrected chi connectivity index (χ1v) is 8.89. The molecule has 0 atom stereocenters. The fraction of sp³-hybridized carbons (Fsp3) is 0.105. The molecular formula is C19H15ClN2O3S. The SMILES string of the molecule is COc1cc(OC)c(C(=O)C=Cc2csc(-c3ccccn3)n2)cc1Cl. The molecule has 2 heterocycles. The lowest BCUT2D eigenvalue weighted by molar-refractivity contribution is 0.104. The third-order valence-corrected chi connectivity index (χ3v) is 4.73. The van der Waals surface area contributed by atoms with Gasteiger partial charge in [-0.05, 0) is 30.4 Å². The summed E-state index contributed by atoms with van der Waals surface area (Å²) in [5.41, 5.74) is 1.84. The maximum absolute atomic E-state index is 12.5. The number of halogens is 1. The van der Waals surface area contributed by atoms with Crippen molar-refractivity contribution in [3.05, 3.63) is 64.3 Å². The highest BCUT2D eigenvalue weighted by molar-refractivity contribution is 7.13. The van der Waals surface area contributed by atoms with Crippen LogP contribution in [0.25, 0.3) is 16.8 Å². The molecule has 0 saturated carbocycles. The summed E-state index contributed by atoms with van der Waals surface area (Å²) in [4.78, 5) is 21.3. The number of ketones is 1. The molecule has 0 aliphatic rings. The molecule has 0 amide bonds. The van der Waals surface area contributed by atoms with Crippen LogP contribution in [0.4, 0.5) is 0 Å². The molecule has 132 valence electrons. The maximum Gasteiger partial charge on any atom is 0.189 e. The molecule has 0 saturated heterocycles. The van der Waals surface area contributed by atoms with Gasteiger partial charge < -0.3 is 9.47 Å². The minimum Gasteiger partial charge on any atom is -0.496 e. The van der Waals surface area contributed by atoms with E-state index >= 15 is 0 Å². The average molecular weight is 387 g/mol. The van der Waals surface area contributed by atoms with Gasteiger partial charge in [0, 0.05) is 17.6 Å². The molecule has 0 aliphatic heterocycles. The van der Waals surface area contributed by atoms with Crippen LogP contribution < -0.4 is 9.47 Å². The van der Waals surface area contributed by atoms with Crippen molar-refractivity contribution in [1.29, 1.82) is 0 Å². The van der Waals surface area contributed by atoms with E-state index in [1.165, 1.54) is 37.7 Å². The van der Waals surface area contributed by atoms with Crippen LogP contribution in [0.2, 0.25) is 5.02 Å². The minimum absolute atomic E-state index is 0.237. The number of carbonyl (C=O) groups is 1. The molecule has 0 radical (unpaired) electrons. The zero-order valence-electron chi connectivity index (χ0n) is 14.1. The largest absolute Gasteiger partial charge is 0.496 e. The standard InChI is InChI=1S/C19H15ClN2O3S/c1-24-17-10-18(25-2)14(20)9-13(17)16(23)7-6-12-11-26-19(22-12)15-5-3-4-8-21-15/h3-11H,1-2H3. The second-order valence-corrected chi connectivity index (χ2v) is 6.44. The first-order valence-electron chi connectivity index (χ1n) is 7.63. The Kier molecular flexibility index (Phi) is 5.65. The van der Waals surface area contributed by atoms with Gasteiger partial charge in [0.2, 0.25) is 0 Å². The van der Waals surface area contributed by atoms with Crippen LogP contribution >= 0.6 is 22.9 Å². The van der Waals surface area contributed by atoms with E-state index in [2.05, 4.69) is 9.97 Å². The number of pyridine rings is 1. The van der Waals surface area contributed by atoms with Crippen molar-refractivity contribution in [1.82, 2.24) is 9.97 Å². The van der Waals surface area contributed by atoms with Gasteiger partial charge in [0.1, 0.15) is 16.5 Å². The van der Waals surface area contributed by atoms with Crippen LogP contribution in [-0.2, 0) is 0 Å². The van der Waals surface area contributed by atoms with Crippen LogP contribution in [-0.4, -0.2) is 30.0 Å². The molecule has 7 heteroatoms.